The van der Waals surface area contributed by atoms with E-state index < -0.39 is 22.2 Å². The average molecular weight is 289 g/mol. The SMILES string of the molecule is COc1cccc(CC(=O)c2cc(F)ccc2[N+](=O)[O-])c1. The van der Waals surface area contributed by atoms with Crippen molar-refractivity contribution < 1.29 is 18.8 Å². The third kappa shape index (κ3) is 3.42. The molecule has 2 aromatic rings. The fourth-order valence-electron chi connectivity index (χ4n) is 1.95. The van der Waals surface area contributed by atoms with E-state index in [0.717, 1.165) is 18.2 Å². The van der Waals surface area contributed by atoms with Crippen LogP contribution in [-0.4, -0.2) is 17.8 Å². The van der Waals surface area contributed by atoms with Crippen LogP contribution in [-0.2, 0) is 6.42 Å². The first kappa shape index (κ1) is 14.6. The lowest BCUT2D eigenvalue weighted by molar-refractivity contribution is -0.385. The molecule has 108 valence electrons. The van der Waals surface area contributed by atoms with Crippen molar-refractivity contribution in [3.63, 3.8) is 0 Å². The standard InChI is InChI=1S/C15H12FNO4/c1-21-12-4-2-3-10(7-12)8-15(18)13-9-11(16)5-6-14(13)17(19)20/h2-7,9H,8H2,1H3. The number of nitro groups is 1. The summed E-state index contributed by atoms with van der Waals surface area (Å²) in [5.41, 5.74) is 0.00465. The second kappa shape index (κ2) is 6.13. The fourth-order valence-corrected chi connectivity index (χ4v) is 1.95. The molecule has 0 atom stereocenters. The van der Waals surface area contributed by atoms with Crippen molar-refractivity contribution in [3.05, 3.63) is 69.5 Å². The molecular formula is C15H12FNO4. The lowest BCUT2D eigenvalue weighted by Crippen LogP contribution is -2.07. The zero-order valence-corrected chi connectivity index (χ0v) is 11.2. The van der Waals surface area contributed by atoms with Gasteiger partial charge in [-0.1, -0.05) is 12.1 Å². The number of methoxy groups -OCH3 is 1. The van der Waals surface area contributed by atoms with Gasteiger partial charge in [0.05, 0.1) is 17.6 Å². The molecule has 0 aliphatic carbocycles. The number of rotatable bonds is 5. The molecule has 21 heavy (non-hydrogen) atoms. The number of nitro benzene ring substituents is 1. The molecule has 2 aromatic carbocycles. The first-order valence-corrected chi connectivity index (χ1v) is 6.11. The Morgan fingerprint density at radius 2 is 2.05 bits per heavy atom. The number of nitrogens with zero attached hydrogens (tertiary/aromatic N) is 1. The number of ketones is 1. The number of hydrogen-bond donors (Lipinski definition) is 0. The van der Waals surface area contributed by atoms with E-state index in [-0.39, 0.29) is 12.0 Å². The van der Waals surface area contributed by atoms with Crippen molar-refractivity contribution in [2.75, 3.05) is 7.11 Å². The van der Waals surface area contributed by atoms with Crippen LogP contribution in [0.1, 0.15) is 15.9 Å². The minimum absolute atomic E-state index is 0.0680. The molecule has 0 bridgehead atoms. The van der Waals surface area contributed by atoms with E-state index in [0.29, 0.717) is 11.3 Å². The van der Waals surface area contributed by atoms with Crippen molar-refractivity contribution >= 4 is 11.5 Å². The molecule has 0 saturated heterocycles. The molecule has 0 unspecified atom stereocenters. The quantitative estimate of drug-likeness (QED) is 0.481. The van der Waals surface area contributed by atoms with Crippen LogP contribution in [0.2, 0.25) is 0 Å². The summed E-state index contributed by atoms with van der Waals surface area (Å²) < 4.78 is 18.3. The number of ether oxygens (including phenoxy) is 1. The number of Topliss-reactive ketones (excluding diaryl/α,β-unsaturated/α-hetero) is 1. The summed E-state index contributed by atoms with van der Waals surface area (Å²) in [5.74, 6) is -0.627. The summed E-state index contributed by atoms with van der Waals surface area (Å²) in [6.45, 7) is 0. The number of carbonyl (C=O) groups is 1. The van der Waals surface area contributed by atoms with Crippen LogP contribution in [0.3, 0.4) is 0 Å². The van der Waals surface area contributed by atoms with Gasteiger partial charge in [-0.15, -0.1) is 0 Å². The van der Waals surface area contributed by atoms with Gasteiger partial charge in [0.15, 0.2) is 5.78 Å². The molecule has 0 saturated carbocycles. The molecule has 0 amide bonds. The molecule has 0 fully saturated rings. The summed E-state index contributed by atoms with van der Waals surface area (Å²) >= 11 is 0. The molecule has 0 spiro atoms. The Morgan fingerprint density at radius 3 is 2.71 bits per heavy atom. The number of carbonyl (C=O) groups excluding carboxylic acids is 1. The van der Waals surface area contributed by atoms with Crippen LogP contribution < -0.4 is 4.74 Å². The van der Waals surface area contributed by atoms with Gasteiger partial charge in [-0.05, 0) is 29.8 Å². The van der Waals surface area contributed by atoms with E-state index >= 15 is 0 Å². The van der Waals surface area contributed by atoms with Gasteiger partial charge < -0.3 is 4.74 Å². The predicted molar refractivity (Wildman–Crippen MR) is 74.1 cm³/mol. The summed E-state index contributed by atoms with van der Waals surface area (Å²) in [5, 5.41) is 10.9. The highest BCUT2D eigenvalue weighted by atomic mass is 19.1. The maximum Gasteiger partial charge on any atom is 0.280 e. The van der Waals surface area contributed by atoms with Gasteiger partial charge in [0.2, 0.25) is 0 Å². The zero-order chi connectivity index (χ0) is 15.4. The van der Waals surface area contributed by atoms with Crippen molar-refractivity contribution in [1.82, 2.24) is 0 Å². The Labute approximate surface area is 120 Å². The van der Waals surface area contributed by atoms with Crippen LogP contribution in [0.4, 0.5) is 10.1 Å². The van der Waals surface area contributed by atoms with Gasteiger partial charge >= 0.3 is 0 Å². The van der Waals surface area contributed by atoms with Crippen LogP contribution in [0.5, 0.6) is 5.75 Å². The maximum absolute atomic E-state index is 13.2. The van der Waals surface area contributed by atoms with Crippen molar-refractivity contribution in [1.29, 1.82) is 0 Å². The second-order valence-corrected chi connectivity index (χ2v) is 4.37. The summed E-state index contributed by atoms with van der Waals surface area (Å²) in [6, 6.07) is 9.63. The molecule has 2 rings (SSSR count). The Kier molecular flexibility index (Phi) is 4.27. The first-order chi connectivity index (χ1) is 10.0. The predicted octanol–water partition coefficient (Wildman–Crippen LogP) is 3.17. The Morgan fingerprint density at radius 1 is 1.29 bits per heavy atom. The van der Waals surface area contributed by atoms with Crippen LogP contribution in [0, 0.1) is 15.9 Å². The lowest BCUT2D eigenvalue weighted by atomic mass is 10.0. The number of hydrogen-bond acceptors (Lipinski definition) is 4. The third-order valence-electron chi connectivity index (χ3n) is 2.95. The first-order valence-electron chi connectivity index (χ1n) is 6.11. The van der Waals surface area contributed by atoms with Gasteiger partial charge in [-0.25, -0.2) is 4.39 Å². The van der Waals surface area contributed by atoms with Gasteiger partial charge in [0.1, 0.15) is 11.6 Å². The van der Waals surface area contributed by atoms with Gasteiger partial charge in [-0.3, -0.25) is 14.9 Å². The highest BCUT2D eigenvalue weighted by Crippen LogP contribution is 2.22. The van der Waals surface area contributed by atoms with E-state index in [2.05, 4.69) is 0 Å². The Bertz CT molecular complexity index is 700. The zero-order valence-electron chi connectivity index (χ0n) is 11.2. The molecule has 5 nitrogen and oxygen atoms in total. The molecule has 0 heterocycles. The van der Waals surface area contributed by atoms with Crippen molar-refractivity contribution in [2.45, 2.75) is 6.42 Å². The second-order valence-electron chi connectivity index (χ2n) is 4.37. The average Bonchev–Trinajstić information content (AvgIpc) is 2.47. The van der Waals surface area contributed by atoms with E-state index in [9.17, 15) is 19.3 Å². The van der Waals surface area contributed by atoms with Crippen molar-refractivity contribution in [3.8, 4) is 5.75 Å². The summed E-state index contributed by atoms with van der Waals surface area (Å²) in [4.78, 5) is 22.4. The van der Waals surface area contributed by atoms with Crippen LogP contribution in [0.15, 0.2) is 42.5 Å². The number of halogens is 1. The minimum atomic E-state index is -0.696. The van der Waals surface area contributed by atoms with Crippen LogP contribution in [0.25, 0.3) is 0 Å². The third-order valence-corrected chi connectivity index (χ3v) is 2.95. The Hall–Kier alpha value is -2.76. The maximum atomic E-state index is 13.2. The number of benzene rings is 2. The van der Waals surface area contributed by atoms with E-state index in [4.69, 9.17) is 4.74 Å². The molecular weight excluding hydrogens is 277 g/mol. The monoisotopic (exact) mass is 289 g/mol. The smallest absolute Gasteiger partial charge is 0.280 e. The van der Waals surface area contributed by atoms with E-state index in [1.807, 2.05) is 0 Å². The van der Waals surface area contributed by atoms with E-state index in [1.165, 1.54) is 7.11 Å². The fraction of sp³-hybridized carbons (Fsp3) is 0.133. The van der Waals surface area contributed by atoms with Gasteiger partial charge in [0.25, 0.3) is 5.69 Å². The van der Waals surface area contributed by atoms with Gasteiger partial charge in [-0.2, -0.15) is 0 Å². The summed E-state index contributed by atoms with van der Waals surface area (Å²) in [7, 11) is 1.50. The highest BCUT2D eigenvalue weighted by molar-refractivity contribution is 6.01. The normalized spacial score (nSPS) is 10.2. The molecule has 0 aliphatic rings. The minimum Gasteiger partial charge on any atom is -0.497 e. The molecule has 0 aliphatic heterocycles. The molecule has 6 heteroatoms. The van der Waals surface area contributed by atoms with E-state index in [1.54, 1.807) is 24.3 Å². The Balaban J connectivity index is 2.31. The lowest BCUT2D eigenvalue weighted by Gasteiger charge is -2.05. The molecule has 0 aromatic heterocycles. The van der Waals surface area contributed by atoms with Crippen molar-refractivity contribution in [2.24, 2.45) is 0 Å². The molecule has 0 radical (unpaired) electrons. The highest BCUT2D eigenvalue weighted by Gasteiger charge is 2.21. The van der Waals surface area contributed by atoms with Gasteiger partial charge in [0, 0.05) is 12.5 Å². The van der Waals surface area contributed by atoms with Crippen LogP contribution >= 0.6 is 0 Å². The summed E-state index contributed by atoms with van der Waals surface area (Å²) in [6.07, 6.45) is -0.0680. The molecule has 0 N–H and O–H groups in total. The largest absolute Gasteiger partial charge is 0.497 e. The topological polar surface area (TPSA) is 69.4 Å².